The molecule has 0 radical (unpaired) electrons. The van der Waals surface area contributed by atoms with Crippen molar-refractivity contribution in [3.63, 3.8) is 0 Å². The lowest BCUT2D eigenvalue weighted by Gasteiger charge is -2.25. The van der Waals surface area contributed by atoms with Gasteiger partial charge in [-0.3, -0.25) is 9.59 Å². The van der Waals surface area contributed by atoms with Crippen LogP contribution in [0.2, 0.25) is 0 Å². The molecule has 6 nitrogen and oxygen atoms in total. The lowest BCUT2D eigenvalue weighted by molar-refractivity contribution is -0.139. The third-order valence-electron chi connectivity index (χ3n) is 5.20. The van der Waals surface area contributed by atoms with Gasteiger partial charge in [0.1, 0.15) is 17.3 Å². The summed E-state index contributed by atoms with van der Waals surface area (Å²) < 4.78 is 10.9. The zero-order valence-corrected chi connectivity index (χ0v) is 18.4. The molecule has 0 aromatic heterocycles. The molecule has 0 saturated carbocycles. The molecule has 1 N–H and O–H groups in total. The van der Waals surface area contributed by atoms with E-state index in [1.54, 1.807) is 29.2 Å². The van der Waals surface area contributed by atoms with Gasteiger partial charge in [-0.2, -0.15) is 0 Å². The van der Waals surface area contributed by atoms with Gasteiger partial charge < -0.3 is 19.5 Å². The number of hydrogen-bond donors (Lipinski definition) is 1. The first kappa shape index (κ1) is 22.4. The largest absolute Gasteiger partial charge is 0.507 e. The number of nitrogens with zero attached hydrogens (tertiary/aromatic N) is 1. The van der Waals surface area contributed by atoms with E-state index in [0.717, 1.165) is 18.4 Å². The van der Waals surface area contributed by atoms with Gasteiger partial charge >= 0.3 is 0 Å². The molecule has 164 valence electrons. The third kappa shape index (κ3) is 4.74. The molecule has 2 aromatic carbocycles. The molecule has 2 aromatic rings. The predicted molar refractivity (Wildman–Crippen MR) is 119 cm³/mol. The van der Waals surface area contributed by atoms with Crippen LogP contribution in [-0.2, 0) is 9.59 Å². The molecule has 0 bridgehead atoms. The Morgan fingerprint density at radius 2 is 1.81 bits per heavy atom. The molecule has 6 heteroatoms. The molecular weight excluding hydrogens is 394 g/mol. The summed E-state index contributed by atoms with van der Waals surface area (Å²) in [7, 11) is 1.53. The predicted octanol–water partition coefficient (Wildman–Crippen LogP) is 4.70. The Labute approximate surface area is 183 Å². The zero-order valence-electron chi connectivity index (χ0n) is 18.4. The van der Waals surface area contributed by atoms with E-state index < -0.39 is 17.7 Å². The van der Waals surface area contributed by atoms with Crippen LogP contribution in [0.5, 0.6) is 11.5 Å². The van der Waals surface area contributed by atoms with Gasteiger partial charge in [-0.1, -0.05) is 37.6 Å². The summed E-state index contributed by atoms with van der Waals surface area (Å²) in [6.45, 7) is 6.36. The van der Waals surface area contributed by atoms with Crippen molar-refractivity contribution in [3.05, 3.63) is 65.2 Å². The van der Waals surface area contributed by atoms with Crippen LogP contribution in [0.1, 0.15) is 50.8 Å². The van der Waals surface area contributed by atoms with Crippen LogP contribution in [0, 0.1) is 0 Å². The Bertz CT molecular complexity index is 978. The average molecular weight is 424 g/mol. The summed E-state index contributed by atoms with van der Waals surface area (Å²) in [5, 5.41) is 11.1. The van der Waals surface area contributed by atoms with E-state index in [0.29, 0.717) is 23.6 Å². The number of aliphatic hydroxyl groups excluding tert-OH is 1. The van der Waals surface area contributed by atoms with Gasteiger partial charge in [0.2, 0.25) is 0 Å². The Morgan fingerprint density at radius 1 is 1.10 bits per heavy atom. The highest BCUT2D eigenvalue weighted by Gasteiger charge is 2.45. The average Bonchev–Trinajstić information content (AvgIpc) is 3.02. The summed E-state index contributed by atoms with van der Waals surface area (Å²) in [4.78, 5) is 27.4. The van der Waals surface area contributed by atoms with Crippen LogP contribution in [-0.4, -0.2) is 41.5 Å². The number of unbranched alkanes of at least 4 members (excludes halogenated alkanes) is 1. The number of likely N-dealkylation sites (tertiary alicyclic amines) is 1. The molecule has 1 heterocycles. The van der Waals surface area contributed by atoms with Crippen molar-refractivity contribution < 1.29 is 24.2 Å². The van der Waals surface area contributed by atoms with Crippen LogP contribution in [0.25, 0.3) is 5.76 Å². The molecule has 1 unspecified atom stereocenters. The van der Waals surface area contributed by atoms with Gasteiger partial charge in [-0.15, -0.1) is 0 Å². The molecule has 1 amide bonds. The quantitative estimate of drug-likeness (QED) is 0.378. The molecule has 1 fully saturated rings. The highest BCUT2D eigenvalue weighted by atomic mass is 16.5. The second-order valence-corrected chi connectivity index (χ2v) is 7.81. The number of rotatable bonds is 8. The summed E-state index contributed by atoms with van der Waals surface area (Å²) in [5.41, 5.74) is 1.26. The summed E-state index contributed by atoms with van der Waals surface area (Å²) >= 11 is 0. The van der Waals surface area contributed by atoms with E-state index in [-0.39, 0.29) is 17.4 Å². The standard InChI is InChI=1S/C25H29NO5/c1-5-6-14-26-22(17-10-12-19(13-11-17)31-16(2)3)21(24(28)25(26)29)23(27)18-8-7-9-20(15-18)30-4/h7-13,15-16,22,27H,5-6,14H2,1-4H3/b23-21-. The monoisotopic (exact) mass is 423 g/mol. The fraction of sp³-hybridized carbons (Fsp3) is 0.360. The van der Waals surface area contributed by atoms with Crippen molar-refractivity contribution in [2.75, 3.05) is 13.7 Å². The molecule has 1 aliphatic heterocycles. The minimum Gasteiger partial charge on any atom is -0.507 e. The van der Waals surface area contributed by atoms with Crippen LogP contribution in [0.3, 0.4) is 0 Å². The number of carbonyl (C=O) groups is 2. The van der Waals surface area contributed by atoms with E-state index in [4.69, 9.17) is 9.47 Å². The Morgan fingerprint density at radius 3 is 2.42 bits per heavy atom. The lowest BCUT2D eigenvalue weighted by Crippen LogP contribution is -2.30. The van der Waals surface area contributed by atoms with Gasteiger partial charge in [0, 0.05) is 12.1 Å². The molecule has 31 heavy (non-hydrogen) atoms. The minimum atomic E-state index is -0.677. The Balaban J connectivity index is 2.10. The maximum atomic E-state index is 13.0. The maximum absolute atomic E-state index is 13.0. The van der Waals surface area contributed by atoms with Crippen molar-refractivity contribution in [1.82, 2.24) is 4.90 Å². The first-order chi connectivity index (χ1) is 14.9. The Kier molecular flexibility index (Phi) is 7.00. The molecule has 0 spiro atoms. The second-order valence-electron chi connectivity index (χ2n) is 7.81. The molecule has 3 rings (SSSR count). The highest BCUT2D eigenvalue weighted by molar-refractivity contribution is 6.46. The SMILES string of the molecule is CCCCN1C(=O)C(=O)/C(=C(\O)c2cccc(OC)c2)C1c1ccc(OC(C)C)cc1. The normalized spacial score (nSPS) is 18.0. The third-order valence-corrected chi connectivity index (χ3v) is 5.20. The van der Waals surface area contributed by atoms with E-state index in [2.05, 4.69) is 0 Å². The fourth-order valence-corrected chi connectivity index (χ4v) is 3.71. The van der Waals surface area contributed by atoms with E-state index >= 15 is 0 Å². The summed E-state index contributed by atoms with van der Waals surface area (Å²) in [5.74, 6) is -0.217. The molecule has 1 aliphatic rings. The number of Topliss-reactive ketones (excluding diaryl/α,β-unsaturated/α-hetero) is 1. The van der Waals surface area contributed by atoms with E-state index in [1.807, 2.05) is 45.0 Å². The van der Waals surface area contributed by atoms with Gasteiger partial charge in [0.15, 0.2) is 0 Å². The van der Waals surface area contributed by atoms with Gasteiger partial charge in [-0.25, -0.2) is 0 Å². The molecular formula is C25H29NO5. The summed E-state index contributed by atoms with van der Waals surface area (Å²) in [6, 6.07) is 13.5. The molecule has 0 aliphatic carbocycles. The topological polar surface area (TPSA) is 76.1 Å². The number of methoxy groups -OCH3 is 1. The minimum absolute atomic E-state index is 0.0362. The van der Waals surface area contributed by atoms with E-state index in [9.17, 15) is 14.7 Å². The number of benzene rings is 2. The Hall–Kier alpha value is -3.28. The van der Waals surface area contributed by atoms with Crippen molar-refractivity contribution in [2.24, 2.45) is 0 Å². The molecule has 1 saturated heterocycles. The van der Waals surface area contributed by atoms with Crippen molar-refractivity contribution in [2.45, 2.75) is 45.8 Å². The van der Waals surface area contributed by atoms with E-state index in [1.165, 1.54) is 7.11 Å². The highest BCUT2D eigenvalue weighted by Crippen LogP contribution is 2.40. The van der Waals surface area contributed by atoms with Crippen LogP contribution in [0.4, 0.5) is 0 Å². The van der Waals surface area contributed by atoms with Gasteiger partial charge in [-0.05, 0) is 50.1 Å². The van der Waals surface area contributed by atoms with Crippen molar-refractivity contribution in [1.29, 1.82) is 0 Å². The second kappa shape index (κ2) is 9.69. The maximum Gasteiger partial charge on any atom is 0.295 e. The van der Waals surface area contributed by atoms with Crippen LogP contribution >= 0.6 is 0 Å². The van der Waals surface area contributed by atoms with Crippen LogP contribution in [0.15, 0.2) is 54.1 Å². The number of amides is 1. The number of carbonyl (C=O) groups excluding carboxylic acids is 2. The lowest BCUT2D eigenvalue weighted by atomic mass is 9.95. The number of aliphatic hydroxyl groups is 1. The number of ether oxygens (including phenoxy) is 2. The van der Waals surface area contributed by atoms with Crippen molar-refractivity contribution >= 4 is 17.4 Å². The summed E-state index contributed by atoms with van der Waals surface area (Å²) in [6.07, 6.45) is 1.68. The first-order valence-corrected chi connectivity index (χ1v) is 10.6. The first-order valence-electron chi connectivity index (χ1n) is 10.6. The van der Waals surface area contributed by atoms with Gasteiger partial charge in [0.25, 0.3) is 11.7 Å². The molecule has 1 atom stereocenters. The number of ketones is 1. The smallest absolute Gasteiger partial charge is 0.295 e. The van der Waals surface area contributed by atoms with Gasteiger partial charge in [0.05, 0.1) is 24.8 Å². The number of hydrogen-bond acceptors (Lipinski definition) is 5. The zero-order chi connectivity index (χ0) is 22.5. The van der Waals surface area contributed by atoms with Crippen molar-refractivity contribution in [3.8, 4) is 11.5 Å². The van der Waals surface area contributed by atoms with Crippen LogP contribution < -0.4 is 9.47 Å². The fourth-order valence-electron chi connectivity index (χ4n) is 3.71.